The van der Waals surface area contributed by atoms with E-state index in [4.69, 9.17) is 10.5 Å². The zero-order valence-electron chi connectivity index (χ0n) is 8.62. The van der Waals surface area contributed by atoms with Crippen LogP contribution >= 0.6 is 15.9 Å². The van der Waals surface area contributed by atoms with E-state index < -0.39 is 16.8 Å². The van der Waals surface area contributed by atoms with Crippen LogP contribution in [0.3, 0.4) is 0 Å². The van der Waals surface area contributed by atoms with E-state index in [0.717, 1.165) is 6.42 Å². The van der Waals surface area contributed by atoms with Gasteiger partial charge in [0, 0.05) is 22.5 Å². The second-order valence-corrected chi connectivity index (χ2v) is 4.13. The summed E-state index contributed by atoms with van der Waals surface area (Å²) >= 11 is 2.11. The lowest BCUT2D eigenvalue weighted by atomic mass is 10.3. The van der Waals surface area contributed by atoms with Crippen molar-refractivity contribution in [3.05, 3.63) is 11.7 Å². The van der Waals surface area contributed by atoms with Gasteiger partial charge >= 0.3 is 10.7 Å². The molecule has 0 amide bonds. The number of hydrogen-bond acceptors (Lipinski definition) is 5. The van der Waals surface area contributed by atoms with E-state index in [1.54, 1.807) is 0 Å². The molecule has 92 valence electrons. The van der Waals surface area contributed by atoms with Crippen molar-refractivity contribution in [1.82, 2.24) is 10.1 Å². The second-order valence-electron chi connectivity index (χ2n) is 3.14. The molecule has 0 aliphatic heterocycles. The number of nitrogens with two attached hydrogens (primary N) is 1. The third-order valence-electron chi connectivity index (χ3n) is 1.66. The highest BCUT2D eigenvalue weighted by molar-refractivity contribution is 9.09. The van der Waals surface area contributed by atoms with Gasteiger partial charge in [0.25, 0.3) is 0 Å². The summed E-state index contributed by atoms with van der Waals surface area (Å²) in [5.74, 6) is -0.807. The lowest BCUT2D eigenvalue weighted by molar-refractivity contribution is 0.0725. The molecule has 0 spiro atoms. The van der Waals surface area contributed by atoms with E-state index in [9.17, 15) is 8.78 Å². The van der Waals surface area contributed by atoms with Gasteiger partial charge < -0.3 is 15.0 Å². The zero-order chi connectivity index (χ0) is 12.2. The average Bonchev–Trinajstić information content (AvgIpc) is 2.66. The Morgan fingerprint density at radius 2 is 2.31 bits per heavy atom. The minimum Gasteiger partial charge on any atom is -0.379 e. The summed E-state index contributed by atoms with van der Waals surface area (Å²) in [6, 6.07) is -0.668. The molecule has 0 bridgehead atoms. The molecular formula is C8H12BrF2N3O2. The van der Waals surface area contributed by atoms with Crippen molar-refractivity contribution < 1.29 is 18.0 Å². The Kier molecular flexibility index (Phi) is 4.75. The summed E-state index contributed by atoms with van der Waals surface area (Å²) in [5.41, 5.74) is 5.62. The molecule has 0 saturated heterocycles. The average molecular weight is 300 g/mol. The van der Waals surface area contributed by atoms with Gasteiger partial charge in [-0.05, 0) is 6.42 Å². The quantitative estimate of drug-likeness (QED) is 0.642. The normalized spacial score (nSPS) is 14.1. The van der Waals surface area contributed by atoms with Crippen LogP contribution < -0.4 is 5.73 Å². The van der Waals surface area contributed by atoms with Crippen LogP contribution in [0.4, 0.5) is 8.78 Å². The van der Waals surface area contributed by atoms with Gasteiger partial charge in [-0.2, -0.15) is 13.8 Å². The van der Waals surface area contributed by atoms with Gasteiger partial charge in [-0.3, -0.25) is 0 Å². The maximum atomic E-state index is 12.7. The van der Waals surface area contributed by atoms with Crippen molar-refractivity contribution in [2.45, 2.75) is 24.2 Å². The van der Waals surface area contributed by atoms with Crippen molar-refractivity contribution in [3.63, 3.8) is 0 Å². The molecule has 0 aliphatic carbocycles. The van der Waals surface area contributed by atoms with Crippen molar-refractivity contribution in [1.29, 1.82) is 0 Å². The Hall–Kier alpha value is -0.600. The molecule has 1 atom stereocenters. The molecule has 16 heavy (non-hydrogen) atoms. The van der Waals surface area contributed by atoms with Crippen molar-refractivity contribution >= 4 is 15.9 Å². The zero-order valence-corrected chi connectivity index (χ0v) is 10.2. The molecule has 0 fully saturated rings. The molecule has 1 rings (SSSR count). The minimum absolute atomic E-state index is 0.00484. The highest BCUT2D eigenvalue weighted by atomic mass is 79.9. The number of alkyl halides is 3. The van der Waals surface area contributed by atoms with Gasteiger partial charge in [0.15, 0.2) is 5.82 Å². The van der Waals surface area contributed by atoms with Gasteiger partial charge in [-0.1, -0.05) is 12.1 Å². The summed E-state index contributed by atoms with van der Waals surface area (Å²) in [7, 11) is 0. The van der Waals surface area contributed by atoms with Crippen LogP contribution in [0.2, 0.25) is 0 Å². The molecule has 0 aliphatic rings. The molecule has 8 heteroatoms. The van der Waals surface area contributed by atoms with Crippen molar-refractivity contribution in [2.24, 2.45) is 5.73 Å². The van der Waals surface area contributed by atoms with E-state index >= 15 is 0 Å². The molecule has 2 N–H and O–H groups in total. The molecule has 0 aromatic carbocycles. The second kappa shape index (κ2) is 5.65. The minimum atomic E-state index is -3.33. The highest BCUT2D eigenvalue weighted by Gasteiger charge is 2.35. The lowest BCUT2D eigenvalue weighted by Gasteiger charge is -2.06. The summed E-state index contributed by atoms with van der Waals surface area (Å²) < 4.78 is 34.9. The number of ether oxygens (including phenoxy) is 1. The summed E-state index contributed by atoms with van der Waals surface area (Å²) in [4.78, 5) is 0.149. The Morgan fingerprint density at radius 1 is 1.62 bits per heavy atom. The largest absolute Gasteiger partial charge is 0.379 e. The molecular weight excluding hydrogens is 288 g/mol. The molecule has 1 aromatic heterocycles. The topological polar surface area (TPSA) is 74.2 Å². The van der Waals surface area contributed by atoms with Crippen LogP contribution in [0.15, 0.2) is 4.52 Å². The fourth-order valence-electron chi connectivity index (χ4n) is 0.930. The van der Waals surface area contributed by atoms with Crippen LogP contribution in [-0.2, 0) is 9.57 Å². The van der Waals surface area contributed by atoms with Crippen LogP contribution in [-0.4, -0.2) is 23.4 Å². The number of aromatic nitrogens is 2. The van der Waals surface area contributed by atoms with Gasteiger partial charge in [-0.25, -0.2) is 0 Å². The van der Waals surface area contributed by atoms with Gasteiger partial charge in [0.2, 0.25) is 0 Å². The SMILES string of the molecule is CCCOCC(N)c1noc(C(F)(F)Br)n1. The Bertz CT molecular complexity index is 329. The first kappa shape index (κ1) is 13.5. The maximum absolute atomic E-state index is 12.7. The Labute approximate surface area is 99.5 Å². The third kappa shape index (κ3) is 3.76. The van der Waals surface area contributed by atoms with E-state index in [-0.39, 0.29) is 12.4 Å². The molecule has 0 saturated carbocycles. The van der Waals surface area contributed by atoms with E-state index in [1.165, 1.54) is 0 Å². The lowest BCUT2D eigenvalue weighted by Crippen LogP contribution is -2.19. The number of hydrogen-bond donors (Lipinski definition) is 1. The fraction of sp³-hybridized carbons (Fsp3) is 0.750. The van der Waals surface area contributed by atoms with Gasteiger partial charge in [0.1, 0.15) is 0 Å². The molecule has 0 radical (unpaired) electrons. The Morgan fingerprint density at radius 3 is 2.81 bits per heavy atom. The van der Waals surface area contributed by atoms with Crippen LogP contribution in [0.1, 0.15) is 31.1 Å². The molecule has 1 unspecified atom stereocenters. The first-order valence-electron chi connectivity index (χ1n) is 4.69. The maximum Gasteiger partial charge on any atom is 0.378 e. The summed E-state index contributed by atoms with van der Waals surface area (Å²) in [6.07, 6.45) is 0.851. The Balaban J connectivity index is 2.56. The van der Waals surface area contributed by atoms with Crippen molar-refractivity contribution in [2.75, 3.05) is 13.2 Å². The highest BCUT2D eigenvalue weighted by Crippen LogP contribution is 2.33. The smallest absolute Gasteiger partial charge is 0.378 e. The predicted octanol–water partition coefficient (Wildman–Crippen LogP) is 1.94. The third-order valence-corrected chi connectivity index (χ3v) is 2.00. The van der Waals surface area contributed by atoms with E-state index in [0.29, 0.717) is 6.61 Å². The number of halogens is 3. The first-order chi connectivity index (χ1) is 7.45. The predicted molar refractivity (Wildman–Crippen MR) is 55.2 cm³/mol. The van der Waals surface area contributed by atoms with Crippen LogP contribution in [0.25, 0.3) is 0 Å². The van der Waals surface area contributed by atoms with E-state index in [1.807, 2.05) is 6.92 Å². The monoisotopic (exact) mass is 299 g/mol. The van der Waals surface area contributed by atoms with Crippen LogP contribution in [0, 0.1) is 0 Å². The summed E-state index contributed by atoms with van der Waals surface area (Å²) in [5, 5.41) is 3.36. The van der Waals surface area contributed by atoms with Gasteiger partial charge in [-0.15, -0.1) is 0 Å². The summed E-state index contributed by atoms with van der Waals surface area (Å²) in [6.45, 7) is 2.66. The van der Waals surface area contributed by atoms with Gasteiger partial charge in [0.05, 0.1) is 12.6 Å². The first-order valence-corrected chi connectivity index (χ1v) is 5.48. The number of nitrogens with zero attached hydrogens (tertiary/aromatic N) is 2. The molecule has 1 heterocycles. The fourth-order valence-corrected chi connectivity index (χ4v) is 1.09. The van der Waals surface area contributed by atoms with Crippen LogP contribution in [0.5, 0.6) is 0 Å². The number of rotatable bonds is 6. The standard InChI is InChI=1S/C8H12BrF2N3O2/c1-2-3-15-4-5(12)6-13-7(16-14-6)8(9,10)11/h5H,2-4,12H2,1H3. The molecule has 1 aromatic rings. The molecule has 5 nitrogen and oxygen atoms in total. The van der Waals surface area contributed by atoms with E-state index in [2.05, 4.69) is 30.6 Å². The van der Waals surface area contributed by atoms with Crippen molar-refractivity contribution in [3.8, 4) is 0 Å².